The molecule has 0 unspecified atom stereocenters. The summed E-state index contributed by atoms with van der Waals surface area (Å²) in [6.45, 7) is 4.25. The summed E-state index contributed by atoms with van der Waals surface area (Å²) >= 11 is 3.22. The molecule has 0 spiro atoms. The number of ether oxygens (including phenoxy) is 1. The second-order valence-corrected chi connectivity index (χ2v) is 7.62. The topological polar surface area (TPSA) is 70.7 Å². The van der Waals surface area contributed by atoms with E-state index in [9.17, 15) is 14.0 Å². The van der Waals surface area contributed by atoms with E-state index in [4.69, 9.17) is 4.74 Å². The predicted molar refractivity (Wildman–Crippen MR) is 112 cm³/mol. The number of carbonyl (C=O) groups excluding carboxylic acids is 2. The van der Waals surface area contributed by atoms with Gasteiger partial charge in [0, 0.05) is 42.8 Å². The summed E-state index contributed by atoms with van der Waals surface area (Å²) in [5.74, 6) is -1.13. The van der Waals surface area contributed by atoms with Crippen LogP contribution in [-0.4, -0.2) is 49.6 Å². The Hall–Kier alpha value is -2.29. The van der Waals surface area contributed by atoms with E-state index in [-0.39, 0.29) is 24.4 Å². The van der Waals surface area contributed by atoms with Gasteiger partial charge in [0.2, 0.25) is 5.91 Å². The highest BCUT2D eigenvalue weighted by Gasteiger charge is 2.13. The van der Waals surface area contributed by atoms with E-state index in [1.165, 1.54) is 12.1 Å². The van der Waals surface area contributed by atoms with Crippen LogP contribution < -0.4 is 10.6 Å². The first-order valence-corrected chi connectivity index (χ1v) is 10.2. The first kappa shape index (κ1) is 21.4. The molecule has 1 fully saturated rings. The Kier molecular flexibility index (Phi) is 7.74. The number of halogens is 2. The lowest BCUT2D eigenvalue weighted by atomic mass is 10.1. The zero-order valence-electron chi connectivity index (χ0n) is 15.9. The van der Waals surface area contributed by atoms with Crippen molar-refractivity contribution in [2.24, 2.45) is 0 Å². The zero-order chi connectivity index (χ0) is 20.6. The largest absolute Gasteiger partial charge is 0.379 e. The molecule has 8 heteroatoms. The molecule has 0 radical (unpaired) electrons. The van der Waals surface area contributed by atoms with Gasteiger partial charge in [0.1, 0.15) is 5.82 Å². The fraction of sp³-hybridized carbons (Fsp3) is 0.333. The van der Waals surface area contributed by atoms with Crippen LogP contribution in [-0.2, 0) is 16.1 Å². The predicted octanol–water partition coefficient (Wildman–Crippen LogP) is 3.18. The number of benzene rings is 2. The normalized spacial score (nSPS) is 14.4. The highest BCUT2D eigenvalue weighted by molar-refractivity contribution is 9.10. The lowest BCUT2D eigenvalue weighted by Crippen LogP contribution is -2.35. The number of anilines is 1. The maximum atomic E-state index is 13.3. The van der Waals surface area contributed by atoms with Crippen LogP contribution in [0.25, 0.3) is 0 Å². The number of amides is 2. The SMILES string of the molecule is O=C(CCNC(=O)c1cc(F)ccc1Br)Nc1cccc(CN2CCOCC2)c1. The Morgan fingerprint density at radius 3 is 2.72 bits per heavy atom. The van der Waals surface area contributed by atoms with Crippen molar-refractivity contribution >= 4 is 33.4 Å². The van der Waals surface area contributed by atoms with E-state index in [0.29, 0.717) is 4.47 Å². The molecule has 0 aromatic heterocycles. The smallest absolute Gasteiger partial charge is 0.252 e. The molecule has 0 atom stereocenters. The molecule has 154 valence electrons. The molecule has 1 aliphatic heterocycles. The monoisotopic (exact) mass is 463 g/mol. The Labute approximate surface area is 177 Å². The van der Waals surface area contributed by atoms with Gasteiger partial charge in [-0.15, -0.1) is 0 Å². The maximum absolute atomic E-state index is 13.3. The number of rotatable bonds is 7. The Balaban J connectivity index is 1.46. The quantitative estimate of drug-likeness (QED) is 0.661. The van der Waals surface area contributed by atoms with Crippen molar-refractivity contribution in [3.63, 3.8) is 0 Å². The average molecular weight is 464 g/mol. The third kappa shape index (κ3) is 6.62. The van der Waals surface area contributed by atoms with Gasteiger partial charge in [0.05, 0.1) is 18.8 Å². The van der Waals surface area contributed by atoms with Gasteiger partial charge in [-0.1, -0.05) is 12.1 Å². The number of morpholine rings is 1. The molecule has 0 saturated carbocycles. The van der Waals surface area contributed by atoms with Crippen molar-refractivity contribution in [3.8, 4) is 0 Å². The molecular weight excluding hydrogens is 441 g/mol. The van der Waals surface area contributed by atoms with Gasteiger partial charge in [-0.25, -0.2) is 4.39 Å². The number of nitrogens with one attached hydrogen (secondary N) is 2. The minimum Gasteiger partial charge on any atom is -0.379 e. The second kappa shape index (κ2) is 10.5. The molecule has 2 aromatic carbocycles. The zero-order valence-corrected chi connectivity index (χ0v) is 17.5. The number of nitrogens with zero attached hydrogens (tertiary/aromatic N) is 1. The molecule has 0 aliphatic carbocycles. The molecule has 1 aliphatic rings. The first-order valence-electron chi connectivity index (χ1n) is 9.43. The molecule has 29 heavy (non-hydrogen) atoms. The molecule has 1 saturated heterocycles. The van der Waals surface area contributed by atoms with Crippen molar-refractivity contribution < 1.29 is 18.7 Å². The van der Waals surface area contributed by atoms with E-state index in [0.717, 1.165) is 50.2 Å². The second-order valence-electron chi connectivity index (χ2n) is 6.77. The number of hydrogen-bond donors (Lipinski definition) is 2. The van der Waals surface area contributed by atoms with E-state index >= 15 is 0 Å². The fourth-order valence-corrected chi connectivity index (χ4v) is 3.47. The summed E-state index contributed by atoms with van der Waals surface area (Å²) in [4.78, 5) is 26.6. The first-order chi connectivity index (χ1) is 14.0. The van der Waals surface area contributed by atoms with E-state index in [1.54, 1.807) is 0 Å². The van der Waals surface area contributed by atoms with Gasteiger partial charge >= 0.3 is 0 Å². The van der Waals surface area contributed by atoms with Crippen LogP contribution in [0.5, 0.6) is 0 Å². The number of carbonyl (C=O) groups is 2. The standard InChI is InChI=1S/C21H23BrFN3O3/c22-19-5-4-16(23)13-18(19)21(28)24-7-6-20(27)25-17-3-1-2-15(12-17)14-26-8-10-29-11-9-26/h1-5,12-13H,6-11,14H2,(H,24,28)(H,25,27). The van der Waals surface area contributed by atoms with Crippen molar-refractivity contribution in [1.82, 2.24) is 10.2 Å². The van der Waals surface area contributed by atoms with Gasteiger partial charge in [-0.05, 0) is 51.8 Å². The average Bonchev–Trinajstić information content (AvgIpc) is 2.70. The fourth-order valence-electron chi connectivity index (χ4n) is 3.04. The summed E-state index contributed by atoms with van der Waals surface area (Å²) in [5, 5.41) is 5.49. The van der Waals surface area contributed by atoms with Crippen molar-refractivity contribution in [1.29, 1.82) is 0 Å². The summed E-state index contributed by atoms with van der Waals surface area (Å²) in [7, 11) is 0. The maximum Gasteiger partial charge on any atom is 0.252 e. The van der Waals surface area contributed by atoms with Crippen LogP contribution in [0.4, 0.5) is 10.1 Å². The van der Waals surface area contributed by atoms with Gasteiger partial charge in [0.25, 0.3) is 5.91 Å². The van der Waals surface area contributed by atoms with Crippen molar-refractivity contribution in [2.75, 3.05) is 38.2 Å². The third-order valence-electron chi connectivity index (χ3n) is 4.53. The molecule has 0 bridgehead atoms. The molecule has 2 N–H and O–H groups in total. The molecule has 2 amide bonds. The van der Waals surface area contributed by atoms with Crippen molar-refractivity contribution in [3.05, 3.63) is 63.9 Å². The summed E-state index contributed by atoms with van der Waals surface area (Å²) in [5.41, 5.74) is 2.04. The molecule has 2 aromatic rings. The van der Waals surface area contributed by atoms with Gasteiger partial charge < -0.3 is 15.4 Å². The molecular formula is C21H23BrFN3O3. The Bertz CT molecular complexity index is 872. The Morgan fingerprint density at radius 2 is 1.93 bits per heavy atom. The van der Waals surface area contributed by atoms with E-state index in [1.807, 2.05) is 24.3 Å². The van der Waals surface area contributed by atoms with Gasteiger partial charge in [0.15, 0.2) is 0 Å². The van der Waals surface area contributed by atoms with Crippen molar-refractivity contribution in [2.45, 2.75) is 13.0 Å². The van der Waals surface area contributed by atoms with E-state index in [2.05, 4.69) is 31.5 Å². The van der Waals surface area contributed by atoms with Gasteiger partial charge in [-0.3, -0.25) is 14.5 Å². The number of hydrogen-bond acceptors (Lipinski definition) is 4. The van der Waals surface area contributed by atoms with Crippen LogP contribution in [0.1, 0.15) is 22.3 Å². The van der Waals surface area contributed by atoms with Gasteiger partial charge in [-0.2, -0.15) is 0 Å². The van der Waals surface area contributed by atoms with Crippen LogP contribution >= 0.6 is 15.9 Å². The van der Waals surface area contributed by atoms with Crippen LogP contribution in [0, 0.1) is 5.82 Å². The summed E-state index contributed by atoms with van der Waals surface area (Å²) in [6.07, 6.45) is 0.117. The summed E-state index contributed by atoms with van der Waals surface area (Å²) in [6, 6.07) is 11.6. The highest BCUT2D eigenvalue weighted by Crippen LogP contribution is 2.18. The molecule has 3 rings (SSSR count). The van der Waals surface area contributed by atoms with Crippen LogP contribution in [0.3, 0.4) is 0 Å². The lowest BCUT2D eigenvalue weighted by molar-refractivity contribution is -0.116. The highest BCUT2D eigenvalue weighted by atomic mass is 79.9. The third-order valence-corrected chi connectivity index (χ3v) is 5.22. The minimum absolute atomic E-state index is 0.117. The molecule has 1 heterocycles. The molecule has 6 nitrogen and oxygen atoms in total. The summed E-state index contributed by atoms with van der Waals surface area (Å²) < 4.78 is 19.2. The Morgan fingerprint density at radius 1 is 1.14 bits per heavy atom. The van der Waals surface area contributed by atoms with Crippen LogP contribution in [0.15, 0.2) is 46.9 Å². The van der Waals surface area contributed by atoms with Crippen LogP contribution in [0.2, 0.25) is 0 Å². The minimum atomic E-state index is -0.493. The lowest BCUT2D eigenvalue weighted by Gasteiger charge is -2.26. The van der Waals surface area contributed by atoms with E-state index < -0.39 is 11.7 Å².